The second-order valence-electron chi connectivity index (χ2n) is 2.74. The second-order valence-corrected chi connectivity index (χ2v) is 3.00. The first kappa shape index (κ1) is 12.1. The van der Waals surface area contributed by atoms with Gasteiger partial charge in [0.25, 0.3) is 0 Å². The highest BCUT2D eigenvalue weighted by Crippen LogP contribution is 2.17. The maximum absolute atomic E-state index is 5.76. The minimum Gasteiger partial charge on any atom is -0.398 e. The van der Waals surface area contributed by atoms with Gasteiger partial charge in [0.2, 0.25) is 0 Å². The topological polar surface area (TPSA) is 26.0 Å². The van der Waals surface area contributed by atoms with Crippen molar-refractivity contribution < 1.29 is 0 Å². The molecule has 0 aliphatic rings. The van der Waals surface area contributed by atoms with Gasteiger partial charge in [0.15, 0.2) is 0 Å². The van der Waals surface area contributed by atoms with Gasteiger partial charge >= 0.3 is 0 Å². The van der Waals surface area contributed by atoms with Crippen molar-refractivity contribution in [2.45, 2.75) is 13.8 Å². The summed E-state index contributed by atoms with van der Waals surface area (Å²) in [5.74, 6) is 0.298. The molecule has 2 heteroatoms. The molecule has 0 aliphatic heterocycles. The van der Waals surface area contributed by atoms with Gasteiger partial charge in [-0.25, -0.2) is 0 Å². The minimum absolute atomic E-state index is 0.298. The molecule has 0 bridgehead atoms. The number of thiol groups is 1. The Kier molecular flexibility index (Phi) is 6.15. The highest BCUT2D eigenvalue weighted by Gasteiger charge is 2.05. The van der Waals surface area contributed by atoms with E-state index in [0.29, 0.717) is 11.6 Å². The molecule has 13 heavy (non-hydrogen) atoms. The normalized spacial score (nSPS) is 16.2. The Bertz CT molecular complexity index is 249. The SMILES string of the molecule is C=C/C=C\C(C)C(=C\C)/C(N)=C/S. The third-order valence-corrected chi connectivity index (χ3v) is 2.09. The summed E-state index contributed by atoms with van der Waals surface area (Å²) >= 11 is 4.02. The van der Waals surface area contributed by atoms with Crippen LogP contribution in [0.4, 0.5) is 0 Å². The van der Waals surface area contributed by atoms with Crippen LogP contribution in [0.3, 0.4) is 0 Å². The van der Waals surface area contributed by atoms with Gasteiger partial charge < -0.3 is 5.73 Å². The Labute approximate surface area is 86.1 Å². The minimum atomic E-state index is 0.298. The average molecular weight is 195 g/mol. The molecule has 0 aromatic rings. The van der Waals surface area contributed by atoms with E-state index < -0.39 is 0 Å². The molecular weight excluding hydrogens is 178 g/mol. The van der Waals surface area contributed by atoms with Crippen molar-refractivity contribution >= 4 is 12.6 Å². The molecule has 0 fully saturated rings. The third-order valence-electron chi connectivity index (χ3n) is 1.81. The van der Waals surface area contributed by atoms with Crippen LogP contribution in [0.2, 0.25) is 0 Å². The molecular formula is C11H17NS. The van der Waals surface area contributed by atoms with E-state index in [0.717, 1.165) is 5.57 Å². The molecule has 0 heterocycles. The van der Waals surface area contributed by atoms with E-state index in [-0.39, 0.29) is 0 Å². The van der Waals surface area contributed by atoms with Crippen molar-refractivity contribution in [2.24, 2.45) is 11.7 Å². The molecule has 2 N–H and O–H groups in total. The van der Waals surface area contributed by atoms with Crippen LogP contribution in [-0.2, 0) is 0 Å². The Morgan fingerprint density at radius 3 is 2.54 bits per heavy atom. The summed E-state index contributed by atoms with van der Waals surface area (Å²) in [7, 11) is 0. The van der Waals surface area contributed by atoms with Gasteiger partial charge in [-0.15, -0.1) is 12.6 Å². The van der Waals surface area contributed by atoms with Crippen LogP contribution in [0.1, 0.15) is 13.8 Å². The van der Waals surface area contributed by atoms with Gasteiger partial charge in [0, 0.05) is 11.6 Å². The highest BCUT2D eigenvalue weighted by atomic mass is 32.1. The summed E-state index contributed by atoms with van der Waals surface area (Å²) in [6, 6.07) is 0. The van der Waals surface area contributed by atoms with E-state index in [4.69, 9.17) is 5.73 Å². The monoisotopic (exact) mass is 195 g/mol. The third kappa shape index (κ3) is 4.04. The van der Waals surface area contributed by atoms with Gasteiger partial charge in [0.05, 0.1) is 0 Å². The van der Waals surface area contributed by atoms with E-state index in [1.54, 1.807) is 11.5 Å². The molecule has 0 radical (unpaired) electrons. The van der Waals surface area contributed by atoms with Crippen molar-refractivity contribution in [3.05, 3.63) is 47.6 Å². The summed E-state index contributed by atoms with van der Waals surface area (Å²) < 4.78 is 0. The summed E-state index contributed by atoms with van der Waals surface area (Å²) in [6.45, 7) is 7.67. The lowest BCUT2D eigenvalue weighted by molar-refractivity contribution is 0.865. The number of allylic oxidation sites excluding steroid dienone is 5. The van der Waals surface area contributed by atoms with E-state index in [2.05, 4.69) is 26.1 Å². The number of nitrogens with two attached hydrogens (primary N) is 1. The molecule has 0 aliphatic carbocycles. The first-order valence-electron chi connectivity index (χ1n) is 4.23. The largest absolute Gasteiger partial charge is 0.398 e. The van der Waals surface area contributed by atoms with Gasteiger partial charge in [-0.05, 0) is 17.9 Å². The van der Waals surface area contributed by atoms with E-state index in [1.165, 1.54) is 0 Å². The Morgan fingerprint density at radius 2 is 2.15 bits per heavy atom. The number of hydrogen-bond acceptors (Lipinski definition) is 2. The van der Waals surface area contributed by atoms with Crippen LogP contribution in [0.5, 0.6) is 0 Å². The van der Waals surface area contributed by atoms with E-state index in [9.17, 15) is 0 Å². The molecule has 0 rings (SSSR count). The summed E-state index contributed by atoms with van der Waals surface area (Å²) in [5.41, 5.74) is 7.56. The van der Waals surface area contributed by atoms with Crippen LogP contribution >= 0.6 is 12.6 Å². The lowest BCUT2D eigenvalue weighted by Crippen LogP contribution is -2.06. The van der Waals surface area contributed by atoms with Crippen molar-refractivity contribution in [3.8, 4) is 0 Å². The molecule has 1 nitrogen and oxygen atoms in total. The highest BCUT2D eigenvalue weighted by molar-refractivity contribution is 7.83. The van der Waals surface area contributed by atoms with Gasteiger partial charge in [-0.3, -0.25) is 0 Å². The van der Waals surface area contributed by atoms with Crippen LogP contribution in [0.25, 0.3) is 0 Å². The van der Waals surface area contributed by atoms with Crippen molar-refractivity contribution in [1.82, 2.24) is 0 Å². The smallest absolute Gasteiger partial charge is 0.0410 e. The van der Waals surface area contributed by atoms with E-state index in [1.807, 2.05) is 25.2 Å². The second kappa shape index (κ2) is 6.61. The molecule has 0 amide bonds. The molecule has 72 valence electrons. The van der Waals surface area contributed by atoms with Crippen LogP contribution in [0, 0.1) is 5.92 Å². The van der Waals surface area contributed by atoms with Crippen LogP contribution in [-0.4, -0.2) is 0 Å². The van der Waals surface area contributed by atoms with Crippen molar-refractivity contribution in [3.63, 3.8) is 0 Å². The van der Waals surface area contributed by atoms with Crippen molar-refractivity contribution in [2.75, 3.05) is 0 Å². The lowest BCUT2D eigenvalue weighted by atomic mass is 9.98. The molecule has 0 aromatic carbocycles. The summed E-state index contributed by atoms with van der Waals surface area (Å²) in [4.78, 5) is 0. The van der Waals surface area contributed by atoms with Gasteiger partial charge in [-0.2, -0.15) is 0 Å². The summed E-state index contributed by atoms with van der Waals surface area (Å²) in [6.07, 6.45) is 7.72. The fraction of sp³-hybridized carbons (Fsp3) is 0.273. The molecule has 0 aromatic heterocycles. The number of hydrogen-bond donors (Lipinski definition) is 2. The Morgan fingerprint density at radius 1 is 1.54 bits per heavy atom. The van der Waals surface area contributed by atoms with Crippen LogP contribution < -0.4 is 5.73 Å². The molecule has 0 saturated carbocycles. The molecule has 1 unspecified atom stereocenters. The predicted molar refractivity (Wildman–Crippen MR) is 63.5 cm³/mol. The fourth-order valence-corrected chi connectivity index (χ4v) is 1.26. The van der Waals surface area contributed by atoms with Gasteiger partial charge in [-0.1, -0.05) is 37.8 Å². The van der Waals surface area contributed by atoms with Crippen molar-refractivity contribution in [1.29, 1.82) is 0 Å². The van der Waals surface area contributed by atoms with Gasteiger partial charge in [0.1, 0.15) is 0 Å². The molecule has 0 spiro atoms. The first-order valence-corrected chi connectivity index (χ1v) is 4.74. The molecule has 1 atom stereocenters. The lowest BCUT2D eigenvalue weighted by Gasteiger charge is -2.11. The quantitative estimate of drug-likeness (QED) is 0.523. The zero-order valence-corrected chi connectivity index (χ0v) is 9.09. The zero-order chi connectivity index (χ0) is 10.3. The zero-order valence-electron chi connectivity index (χ0n) is 8.20. The molecule has 0 saturated heterocycles. The fourth-order valence-electron chi connectivity index (χ4n) is 1.12. The van der Waals surface area contributed by atoms with E-state index >= 15 is 0 Å². The standard InChI is InChI=1S/C11H17NS/c1-4-6-7-9(3)10(5-2)11(12)8-13/h4-9,13H,1,12H2,2-3H3/b7-6-,10-5+,11-8-. The maximum atomic E-state index is 5.76. The number of rotatable bonds is 4. The first-order chi connectivity index (χ1) is 6.17. The Balaban J connectivity index is 4.61. The average Bonchev–Trinajstić information content (AvgIpc) is 2.15. The maximum Gasteiger partial charge on any atom is 0.0410 e. The Hall–Kier alpha value is -0.890. The summed E-state index contributed by atoms with van der Waals surface area (Å²) in [5, 5.41) is 1.62. The predicted octanol–water partition coefficient (Wildman–Crippen LogP) is 3.04. The van der Waals surface area contributed by atoms with Crippen LogP contribution in [0.15, 0.2) is 47.6 Å².